The van der Waals surface area contributed by atoms with E-state index in [-0.39, 0.29) is 12.5 Å². The lowest BCUT2D eigenvalue weighted by Gasteiger charge is -2.34. The van der Waals surface area contributed by atoms with Crippen molar-refractivity contribution >= 4 is 5.91 Å². The van der Waals surface area contributed by atoms with Gasteiger partial charge >= 0.3 is 6.18 Å². The Hall–Kier alpha value is -2.36. The summed E-state index contributed by atoms with van der Waals surface area (Å²) in [4.78, 5) is 16.1. The summed E-state index contributed by atoms with van der Waals surface area (Å²) >= 11 is 0. The maximum Gasteiger partial charge on any atom is 0.435 e. The largest absolute Gasteiger partial charge is 0.435 e. The van der Waals surface area contributed by atoms with Gasteiger partial charge in [-0.1, -0.05) is 0 Å². The molecular formula is C15H19F3N6O. The highest BCUT2D eigenvalue weighted by Gasteiger charge is 2.33. The minimum atomic E-state index is -4.49. The van der Waals surface area contributed by atoms with Gasteiger partial charge in [0.05, 0.1) is 6.20 Å². The molecule has 0 unspecified atom stereocenters. The second kappa shape index (κ2) is 6.87. The van der Waals surface area contributed by atoms with Gasteiger partial charge in [0.1, 0.15) is 6.54 Å². The van der Waals surface area contributed by atoms with Crippen LogP contribution < -0.4 is 0 Å². The number of carbonyl (C=O) groups excluding carboxylic acids is 1. The molecule has 0 radical (unpaired) electrons. The SMILES string of the molecule is Cn1cc(CN2CCN(C(=O)Cn3ccc(C(F)(F)F)n3)CC2)cn1. The van der Waals surface area contributed by atoms with Gasteiger partial charge in [-0.25, -0.2) is 0 Å². The highest BCUT2D eigenvalue weighted by Crippen LogP contribution is 2.27. The lowest BCUT2D eigenvalue weighted by molar-refractivity contribution is -0.142. The number of piperazine rings is 1. The van der Waals surface area contributed by atoms with Crippen LogP contribution in [0.15, 0.2) is 24.7 Å². The molecule has 1 aliphatic heterocycles. The molecular weight excluding hydrogens is 337 g/mol. The highest BCUT2D eigenvalue weighted by molar-refractivity contribution is 5.76. The highest BCUT2D eigenvalue weighted by atomic mass is 19.4. The van der Waals surface area contributed by atoms with E-state index >= 15 is 0 Å². The maximum absolute atomic E-state index is 12.5. The van der Waals surface area contributed by atoms with Gasteiger partial charge in [-0.05, 0) is 6.07 Å². The topological polar surface area (TPSA) is 59.2 Å². The van der Waals surface area contributed by atoms with E-state index < -0.39 is 11.9 Å². The Morgan fingerprint density at radius 1 is 1.24 bits per heavy atom. The first-order valence-corrected chi connectivity index (χ1v) is 7.89. The standard InChI is InChI=1S/C15H19F3N6O/c1-21-9-12(8-19-21)10-22-4-6-23(7-5-22)14(25)11-24-3-2-13(20-24)15(16,17)18/h2-3,8-9H,4-7,10-11H2,1H3. The normalized spacial score (nSPS) is 16.4. The molecule has 1 fully saturated rings. The molecule has 0 aromatic carbocycles. The molecule has 2 aromatic heterocycles. The van der Waals surface area contributed by atoms with Gasteiger partial charge in [0.2, 0.25) is 5.91 Å². The summed E-state index contributed by atoms with van der Waals surface area (Å²) in [6, 6.07) is 0.874. The molecule has 0 saturated carbocycles. The predicted molar refractivity (Wildman–Crippen MR) is 82.3 cm³/mol. The monoisotopic (exact) mass is 356 g/mol. The Balaban J connectivity index is 1.49. The third kappa shape index (κ3) is 4.38. The summed E-state index contributed by atoms with van der Waals surface area (Å²) in [6.07, 6.45) is 0.451. The Morgan fingerprint density at radius 3 is 2.52 bits per heavy atom. The molecule has 3 heterocycles. The first kappa shape index (κ1) is 17.5. The number of aromatic nitrogens is 4. The Kier molecular flexibility index (Phi) is 4.80. The summed E-state index contributed by atoms with van der Waals surface area (Å²) in [7, 11) is 1.86. The molecule has 0 atom stereocenters. The van der Waals surface area contributed by atoms with Crippen molar-refractivity contribution in [3.05, 3.63) is 35.9 Å². The molecule has 0 aliphatic carbocycles. The van der Waals surface area contributed by atoms with Crippen molar-refractivity contribution in [3.63, 3.8) is 0 Å². The number of hydrogen-bond donors (Lipinski definition) is 0. The molecule has 3 rings (SSSR count). The molecule has 7 nitrogen and oxygen atoms in total. The van der Waals surface area contributed by atoms with Crippen molar-refractivity contribution in [1.82, 2.24) is 29.4 Å². The van der Waals surface area contributed by atoms with Crippen molar-refractivity contribution in [2.75, 3.05) is 26.2 Å². The molecule has 1 amide bonds. The Bertz CT molecular complexity index is 730. The van der Waals surface area contributed by atoms with E-state index in [0.29, 0.717) is 26.2 Å². The van der Waals surface area contributed by atoms with Crippen molar-refractivity contribution < 1.29 is 18.0 Å². The lowest BCUT2D eigenvalue weighted by atomic mass is 10.2. The van der Waals surface area contributed by atoms with E-state index in [4.69, 9.17) is 0 Å². The zero-order valence-corrected chi connectivity index (χ0v) is 13.8. The quantitative estimate of drug-likeness (QED) is 0.820. The summed E-state index contributed by atoms with van der Waals surface area (Å²) in [5.41, 5.74) is 0.125. The molecule has 10 heteroatoms. The van der Waals surface area contributed by atoms with Gasteiger partial charge < -0.3 is 4.90 Å². The van der Waals surface area contributed by atoms with Gasteiger partial charge in [0.15, 0.2) is 5.69 Å². The molecule has 1 saturated heterocycles. The number of alkyl halides is 3. The van der Waals surface area contributed by atoms with Crippen LogP contribution in [0.25, 0.3) is 0 Å². The van der Waals surface area contributed by atoms with E-state index in [0.717, 1.165) is 22.9 Å². The molecule has 1 aliphatic rings. The summed E-state index contributed by atoms with van der Waals surface area (Å²) in [5, 5.41) is 7.54. The fourth-order valence-corrected chi connectivity index (χ4v) is 2.81. The molecule has 0 spiro atoms. The maximum atomic E-state index is 12.5. The lowest BCUT2D eigenvalue weighted by Crippen LogP contribution is -2.49. The van der Waals surface area contributed by atoms with Crippen LogP contribution in [0.5, 0.6) is 0 Å². The number of hydrogen-bond acceptors (Lipinski definition) is 4. The van der Waals surface area contributed by atoms with E-state index in [9.17, 15) is 18.0 Å². The third-order valence-corrected chi connectivity index (χ3v) is 4.12. The van der Waals surface area contributed by atoms with E-state index in [2.05, 4.69) is 15.1 Å². The summed E-state index contributed by atoms with van der Waals surface area (Å²) < 4.78 is 40.4. The number of aryl methyl sites for hydroxylation is 1. The van der Waals surface area contributed by atoms with Crippen LogP contribution in [0, 0.1) is 0 Å². The Labute approximate surface area is 142 Å². The minimum Gasteiger partial charge on any atom is -0.339 e. The van der Waals surface area contributed by atoms with Crippen LogP contribution in [0.1, 0.15) is 11.3 Å². The average molecular weight is 356 g/mol. The third-order valence-electron chi connectivity index (χ3n) is 4.12. The van der Waals surface area contributed by atoms with Crippen LogP contribution in [0.3, 0.4) is 0 Å². The van der Waals surface area contributed by atoms with Gasteiger partial charge in [0.25, 0.3) is 0 Å². The van der Waals surface area contributed by atoms with Crippen LogP contribution in [0.2, 0.25) is 0 Å². The number of halogens is 3. The van der Waals surface area contributed by atoms with Crippen molar-refractivity contribution in [1.29, 1.82) is 0 Å². The van der Waals surface area contributed by atoms with Gasteiger partial charge in [-0.15, -0.1) is 0 Å². The number of nitrogens with zero attached hydrogens (tertiary/aromatic N) is 6. The smallest absolute Gasteiger partial charge is 0.339 e. The Morgan fingerprint density at radius 2 is 1.96 bits per heavy atom. The predicted octanol–water partition coefficient (Wildman–Crippen LogP) is 0.980. The molecule has 25 heavy (non-hydrogen) atoms. The zero-order valence-electron chi connectivity index (χ0n) is 13.8. The fraction of sp³-hybridized carbons (Fsp3) is 0.533. The number of amides is 1. The fourth-order valence-electron chi connectivity index (χ4n) is 2.81. The minimum absolute atomic E-state index is 0.182. The first-order valence-electron chi connectivity index (χ1n) is 7.89. The first-order chi connectivity index (χ1) is 11.8. The van der Waals surface area contributed by atoms with E-state index in [1.165, 1.54) is 6.20 Å². The second-order valence-corrected chi connectivity index (χ2v) is 6.08. The molecule has 0 N–H and O–H groups in total. The van der Waals surface area contributed by atoms with Crippen molar-refractivity contribution in [2.45, 2.75) is 19.3 Å². The van der Waals surface area contributed by atoms with Crippen molar-refractivity contribution in [3.8, 4) is 0 Å². The summed E-state index contributed by atoms with van der Waals surface area (Å²) in [6.45, 7) is 3.11. The van der Waals surface area contributed by atoms with Gasteiger partial charge in [-0.3, -0.25) is 19.1 Å². The van der Waals surface area contributed by atoms with Crippen LogP contribution in [0.4, 0.5) is 13.2 Å². The van der Waals surface area contributed by atoms with Gasteiger partial charge in [0, 0.05) is 57.7 Å². The molecule has 2 aromatic rings. The number of rotatable bonds is 4. The number of carbonyl (C=O) groups is 1. The zero-order chi connectivity index (χ0) is 18.0. The van der Waals surface area contributed by atoms with E-state index in [1.54, 1.807) is 9.58 Å². The van der Waals surface area contributed by atoms with E-state index in [1.807, 2.05) is 19.4 Å². The second-order valence-electron chi connectivity index (χ2n) is 6.08. The van der Waals surface area contributed by atoms with Crippen LogP contribution >= 0.6 is 0 Å². The molecule has 136 valence electrons. The average Bonchev–Trinajstić information content (AvgIpc) is 3.17. The van der Waals surface area contributed by atoms with Crippen LogP contribution in [-0.4, -0.2) is 61.4 Å². The van der Waals surface area contributed by atoms with Crippen molar-refractivity contribution in [2.24, 2.45) is 7.05 Å². The molecule has 0 bridgehead atoms. The van der Waals surface area contributed by atoms with Gasteiger partial charge in [-0.2, -0.15) is 23.4 Å². The van der Waals surface area contributed by atoms with Crippen LogP contribution in [-0.2, 0) is 31.1 Å². The summed E-state index contributed by atoms with van der Waals surface area (Å²) in [5.74, 6) is -0.224.